The topological polar surface area (TPSA) is 15.3 Å². The predicted octanol–water partition coefficient (Wildman–Crippen LogP) is 3.03. The molecule has 0 aromatic carbocycles. The largest absolute Gasteiger partial charge is 0.312 e. The lowest BCUT2D eigenvalue weighted by molar-refractivity contribution is 0.200. The molecule has 1 saturated carbocycles. The molecule has 2 nitrogen and oxygen atoms in total. The Hall–Kier alpha value is -0.0800. The van der Waals surface area contributed by atoms with Crippen molar-refractivity contribution in [2.45, 2.75) is 71.4 Å². The third-order valence-corrected chi connectivity index (χ3v) is 3.70. The van der Waals surface area contributed by atoms with Crippen LogP contribution in [0.25, 0.3) is 0 Å². The predicted molar refractivity (Wildman–Crippen MR) is 71.9 cm³/mol. The van der Waals surface area contributed by atoms with Gasteiger partial charge in [-0.15, -0.1) is 0 Å². The summed E-state index contributed by atoms with van der Waals surface area (Å²) >= 11 is 0. The molecule has 1 aliphatic rings. The fourth-order valence-corrected chi connectivity index (χ4v) is 2.72. The Morgan fingerprint density at radius 2 is 1.69 bits per heavy atom. The van der Waals surface area contributed by atoms with E-state index in [2.05, 4.69) is 31.0 Å². The Labute approximate surface area is 102 Å². The molecule has 2 heteroatoms. The highest BCUT2D eigenvalue weighted by atomic mass is 15.2. The SMILES string of the molecule is CCCN(CCC)C(C)CNC1CCCC1. The average Bonchev–Trinajstić information content (AvgIpc) is 2.78. The monoisotopic (exact) mass is 226 g/mol. The van der Waals surface area contributed by atoms with Gasteiger partial charge in [0.05, 0.1) is 0 Å². The van der Waals surface area contributed by atoms with E-state index in [0.29, 0.717) is 6.04 Å². The van der Waals surface area contributed by atoms with Gasteiger partial charge in [0.25, 0.3) is 0 Å². The highest BCUT2D eigenvalue weighted by molar-refractivity contribution is 4.77. The van der Waals surface area contributed by atoms with Crippen LogP contribution in [0.2, 0.25) is 0 Å². The maximum atomic E-state index is 3.74. The van der Waals surface area contributed by atoms with Crippen molar-refractivity contribution in [3.8, 4) is 0 Å². The minimum absolute atomic E-state index is 0.695. The van der Waals surface area contributed by atoms with Crippen LogP contribution in [0.1, 0.15) is 59.3 Å². The number of hydrogen-bond acceptors (Lipinski definition) is 2. The van der Waals surface area contributed by atoms with Gasteiger partial charge in [-0.2, -0.15) is 0 Å². The summed E-state index contributed by atoms with van der Waals surface area (Å²) in [5, 5.41) is 3.74. The van der Waals surface area contributed by atoms with Crippen molar-refractivity contribution in [3.05, 3.63) is 0 Å². The Morgan fingerprint density at radius 3 is 2.19 bits per heavy atom. The van der Waals surface area contributed by atoms with Gasteiger partial charge in [-0.3, -0.25) is 4.90 Å². The zero-order valence-electron chi connectivity index (χ0n) is 11.5. The van der Waals surface area contributed by atoms with E-state index in [1.807, 2.05) is 0 Å². The molecule has 0 amide bonds. The highest BCUT2D eigenvalue weighted by Gasteiger charge is 2.17. The molecule has 0 radical (unpaired) electrons. The van der Waals surface area contributed by atoms with E-state index in [4.69, 9.17) is 0 Å². The minimum atomic E-state index is 0.695. The van der Waals surface area contributed by atoms with Crippen LogP contribution < -0.4 is 5.32 Å². The second-order valence-corrected chi connectivity index (χ2v) is 5.27. The Balaban J connectivity index is 2.21. The van der Waals surface area contributed by atoms with Crippen molar-refractivity contribution in [2.24, 2.45) is 0 Å². The van der Waals surface area contributed by atoms with Gasteiger partial charge in [-0.1, -0.05) is 26.7 Å². The molecule has 1 aliphatic carbocycles. The van der Waals surface area contributed by atoms with Crippen LogP contribution in [0.5, 0.6) is 0 Å². The molecular weight excluding hydrogens is 196 g/mol. The normalized spacial score (nSPS) is 19.5. The Bertz CT molecular complexity index is 158. The van der Waals surface area contributed by atoms with Crippen LogP contribution in [0.4, 0.5) is 0 Å². The molecule has 96 valence electrons. The minimum Gasteiger partial charge on any atom is -0.312 e. The second kappa shape index (κ2) is 8.08. The van der Waals surface area contributed by atoms with E-state index in [1.54, 1.807) is 0 Å². The Kier molecular flexibility index (Phi) is 7.06. The van der Waals surface area contributed by atoms with Crippen molar-refractivity contribution < 1.29 is 0 Å². The fraction of sp³-hybridized carbons (Fsp3) is 1.00. The lowest BCUT2D eigenvalue weighted by Gasteiger charge is -2.29. The summed E-state index contributed by atoms with van der Waals surface area (Å²) in [7, 11) is 0. The third-order valence-electron chi connectivity index (χ3n) is 3.70. The number of nitrogens with one attached hydrogen (secondary N) is 1. The van der Waals surface area contributed by atoms with E-state index in [9.17, 15) is 0 Å². The lowest BCUT2D eigenvalue weighted by Crippen LogP contribution is -2.43. The number of rotatable bonds is 8. The smallest absolute Gasteiger partial charge is 0.0192 e. The molecule has 1 unspecified atom stereocenters. The van der Waals surface area contributed by atoms with Crippen LogP contribution in [0.15, 0.2) is 0 Å². The summed E-state index contributed by atoms with van der Waals surface area (Å²) in [6, 6.07) is 1.51. The lowest BCUT2D eigenvalue weighted by atomic mass is 10.2. The summed E-state index contributed by atoms with van der Waals surface area (Å²) in [5.41, 5.74) is 0. The van der Waals surface area contributed by atoms with Gasteiger partial charge in [-0.05, 0) is 45.7 Å². The van der Waals surface area contributed by atoms with Gasteiger partial charge in [0.1, 0.15) is 0 Å². The first-order valence-electron chi connectivity index (χ1n) is 7.25. The second-order valence-electron chi connectivity index (χ2n) is 5.27. The van der Waals surface area contributed by atoms with E-state index < -0.39 is 0 Å². The Morgan fingerprint density at radius 1 is 1.12 bits per heavy atom. The molecule has 1 fully saturated rings. The summed E-state index contributed by atoms with van der Waals surface area (Å²) in [6.45, 7) is 10.6. The summed E-state index contributed by atoms with van der Waals surface area (Å²) in [6.07, 6.45) is 8.20. The number of nitrogens with zero attached hydrogens (tertiary/aromatic N) is 1. The molecule has 1 rings (SSSR count). The zero-order valence-corrected chi connectivity index (χ0v) is 11.5. The van der Waals surface area contributed by atoms with Crippen LogP contribution in [0.3, 0.4) is 0 Å². The molecule has 0 aromatic rings. The molecule has 1 N–H and O–H groups in total. The third kappa shape index (κ3) is 4.84. The first-order chi connectivity index (χ1) is 7.77. The van der Waals surface area contributed by atoms with E-state index in [-0.39, 0.29) is 0 Å². The number of hydrogen-bond donors (Lipinski definition) is 1. The van der Waals surface area contributed by atoms with Gasteiger partial charge < -0.3 is 5.32 Å². The van der Waals surface area contributed by atoms with Gasteiger partial charge in [0, 0.05) is 18.6 Å². The molecule has 0 heterocycles. The molecule has 0 aliphatic heterocycles. The first-order valence-corrected chi connectivity index (χ1v) is 7.25. The van der Waals surface area contributed by atoms with Crippen molar-refractivity contribution in [3.63, 3.8) is 0 Å². The summed E-state index contributed by atoms with van der Waals surface area (Å²) in [4.78, 5) is 2.63. The maximum Gasteiger partial charge on any atom is 0.0192 e. The zero-order chi connectivity index (χ0) is 11.8. The highest BCUT2D eigenvalue weighted by Crippen LogP contribution is 2.17. The molecule has 1 atom stereocenters. The average molecular weight is 226 g/mol. The van der Waals surface area contributed by atoms with Gasteiger partial charge in [0.15, 0.2) is 0 Å². The van der Waals surface area contributed by atoms with E-state index >= 15 is 0 Å². The van der Waals surface area contributed by atoms with Gasteiger partial charge in [-0.25, -0.2) is 0 Å². The van der Waals surface area contributed by atoms with Crippen LogP contribution in [-0.4, -0.2) is 36.6 Å². The quantitative estimate of drug-likeness (QED) is 0.684. The summed E-state index contributed by atoms with van der Waals surface area (Å²) < 4.78 is 0. The first kappa shape index (κ1) is 14.0. The molecule has 0 spiro atoms. The van der Waals surface area contributed by atoms with Crippen LogP contribution >= 0.6 is 0 Å². The van der Waals surface area contributed by atoms with Crippen molar-refractivity contribution in [1.29, 1.82) is 0 Å². The van der Waals surface area contributed by atoms with Crippen molar-refractivity contribution >= 4 is 0 Å². The van der Waals surface area contributed by atoms with E-state index in [1.165, 1.54) is 58.2 Å². The molecule has 16 heavy (non-hydrogen) atoms. The standard InChI is InChI=1S/C14H30N2/c1-4-10-16(11-5-2)13(3)12-15-14-8-6-7-9-14/h13-15H,4-12H2,1-3H3. The summed E-state index contributed by atoms with van der Waals surface area (Å²) in [5.74, 6) is 0. The van der Waals surface area contributed by atoms with Crippen molar-refractivity contribution in [2.75, 3.05) is 19.6 Å². The van der Waals surface area contributed by atoms with Crippen LogP contribution in [-0.2, 0) is 0 Å². The van der Waals surface area contributed by atoms with Gasteiger partial charge >= 0.3 is 0 Å². The molecule has 0 saturated heterocycles. The molecule has 0 aromatic heterocycles. The van der Waals surface area contributed by atoms with E-state index in [0.717, 1.165) is 6.04 Å². The van der Waals surface area contributed by atoms with Crippen LogP contribution in [0, 0.1) is 0 Å². The van der Waals surface area contributed by atoms with Gasteiger partial charge in [0.2, 0.25) is 0 Å². The molecule has 0 bridgehead atoms. The molecular formula is C14H30N2. The van der Waals surface area contributed by atoms with Crippen molar-refractivity contribution in [1.82, 2.24) is 10.2 Å². The fourth-order valence-electron chi connectivity index (χ4n) is 2.72. The maximum absolute atomic E-state index is 3.74.